The lowest BCUT2D eigenvalue weighted by atomic mass is 10.1. The number of anilines is 1. The molecule has 0 saturated heterocycles. The van der Waals surface area contributed by atoms with Crippen LogP contribution in [0.1, 0.15) is 17.0 Å². The molecule has 0 aliphatic carbocycles. The normalized spacial score (nSPS) is 11.9. The molecule has 2 N–H and O–H groups in total. The van der Waals surface area contributed by atoms with Gasteiger partial charge in [0.1, 0.15) is 29.3 Å². The van der Waals surface area contributed by atoms with Gasteiger partial charge < -0.3 is 10.3 Å². The SMILES string of the molecule is Cc1ccc(-n2cc(Cn3cc(-c4cnc(C(F)(F)F)nc4)c4c(N)ncnc43)cn2)c(F)c1. The number of aryl methyl sites for hydroxylation is 1. The fourth-order valence-corrected chi connectivity index (χ4v) is 3.67. The Kier molecular flexibility index (Phi) is 5.00. The number of benzene rings is 1. The number of aromatic nitrogens is 7. The van der Waals surface area contributed by atoms with Gasteiger partial charge in [-0.25, -0.2) is 29.0 Å². The molecule has 0 spiro atoms. The summed E-state index contributed by atoms with van der Waals surface area (Å²) in [6, 6.07) is 4.86. The molecule has 0 aliphatic rings. The van der Waals surface area contributed by atoms with Crippen molar-refractivity contribution >= 4 is 16.9 Å². The molecule has 8 nitrogen and oxygen atoms in total. The predicted octanol–water partition coefficient (Wildman–Crippen LogP) is 4.17. The van der Waals surface area contributed by atoms with E-state index in [0.717, 1.165) is 23.5 Å². The van der Waals surface area contributed by atoms with Crippen LogP contribution in [-0.2, 0) is 12.7 Å². The Labute approximate surface area is 189 Å². The average Bonchev–Trinajstić information content (AvgIpc) is 3.39. The van der Waals surface area contributed by atoms with Crippen molar-refractivity contribution in [2.75, 3.05) is 5.73 Å². The first kappa shape index (κ1) is 21.5. The first-order valence-electron chi connectivity index (χ1n) is 9.99. The van der Waals surface area contributed by atoms with Crippen molar-refractivity contribution in [3.63, 3.8) is 0 Å². The Hall–Kier alpha value is -4.35. The molecule has 172 valence electrons. The van der Waals surface area contributed by atoms with Crippen LogP contribution in [0.3, 0.4) is 0 Å². The molecule has 0 atom stereocenters. The van der Waals surface area contributed by atoms with E-state index in [9.17, 15) is 17.6 Å². The third-order valence-corrected chi connectivity index (χ3v) is 5.24. The van der Waals surface area contributed by atoms with E-state index < -0.39 is 17.8 Å². The maximum absolute atomic E-state index is 14.3. The quantitative estimate of drug-likeness (QED) is 0.398. The molecule has 0 aliphatic heterocycles. The Morgan fingerprint density at radius 2 is 1.76 bits per heavy atom. The highest BCUT2D eigenvalue weighted by molar-refractivity contribution is 6.00. The monoisotopic (exact) mass is 468 g/mol. The zero-order chi connectivity index (χ0) is 24.0. The van der Waals surface area contributed by atoms with Crippen LogP contribution >= 0.6 is 0 Å². The maximum atomic E-state index is 14.3. The summed E-state index contributed by atoms with van der Waals surface area (Å²) in [6.45, 7) is 2.09. The van der Waals surface area contributed by atoms with Crippen LogP contribution in [0.15, 0.2) is 55.5 Å². The van der Waals surface area contributed by atoms with E-state index in [-0.39, 0.29) is 5.82 Å². The third-order valence-electron chi connectivity index (χ3n) is 5.24. The number of alkyl halides is 3. The van der Waals surface area contributed by atoms with Gasteiger partial charge in [-0.1, -0.05) is 6.07 Å². The van der Waals surface area contributed by atoms with E-state index in [4.69, 9.17) is 5.73 Å². The van der Waals surface area contributed by atoms with Crippen LogP contribution < -0.4 is 5.73 Å². The fourth-order valence-electron chi connectivity index (χ4n) is 3.67. The summed E-state index contributed by atoms with van der Waals surface area (Å²) >= 11 is 0. The minimum absolute atomic E-state index is 0.163. The van der Waals surface area contributed by atoms with Gasteiger partial charge in [-0.2, -0.15) is 18.3 Å². The van der Waals surface area contributed by atoms with Crippen molar-refractivity contribution in [2.24, 2.45) is 0 Å². The number of nitrogens with zero attached hydrogens (tertiary/aromatic N) is 7. The Morgan fingerprint density at radius 1 is 1.00 bits per heavy atom. The van der Waals surface area contributed by atoms with Gasteiger partial charge in [0.05, 0.1) is 18.1 Å². The van der Waals surface area contributed by atoms with Crippen LogP contribution in [0.4, 0.5) is 23.4 Å². The molecule has 1 aromatic carbocycles. The van der Waals surface area contributed by atoms with Crippen LogP contribution in [0.2, 0.25) is 0 Å². The van der Waals surface area contributed by atoms with Gasteiger partial charge in [-0.15, -0.1) is 0 Å². The molecule has 4 aromatic heterocycles. The van der Waals surface area contributed by atoms with Gasteiger partial charge in [-0.05, 0) is 24.6 Å². The standard InChI is InChI=1S/C22H16F4N8/c1-12-2-3-17(16(23)4-12)34-9-13(5-32-34)8-33-10-15(18-19(27)30-11-31-20(18)33)14-6-28-21(29-7-14)22(24,25)26/h2-7,9-11H,8H2,1H3,(H2,27,30,31). The lowest BCUT2D eigenvalue weighted by molar-refractivity contribution is -0.144. The molecule has 0 amide bonds. The molecule has 0 bridgehead atoms. The van der Waals surface area contributed by atoms with Crippen molar-refractivity contribution in [3.8, 4) is 16.8 Å². The fraction of sp³-hybridized carbons (Fsp3) is 0.136. The Balaban J connectivity index is 1.53. The highest BCUT2D eigenvalue weighted by atomic mass is 19.4. The summed E-state index contributed by atoms with van der Waals surface area (Å²) < 4.78 is 56.1. The summed E-state index contributed by atoms with van der Waals surface area (Å²) in [5.74, 6) is -1.47. The van der Waals surface area contributed by atoms with E-state index in [2.05, 4.69) is 25.0 Å². The predicted molar refractivity (Wildman–Crippen MR) is 115 cm³/mol. The van der Waals surface area contributed by atoms with E-state index in [1.807, 2.05) is 0 Å². The minimum Gasteiger partial charge on any atom is -0.383 e. The van der Waals surface area contributed by atoms with Crippen molar-refractivity contribution < 1.29 is 17.6 Å². The smallest absolute Gasteiger partial charge is 0.383 e. The Bertz CT molecular complexity index is 1500. The van der Waals surface area contributed by atoms with Gasteiger partial charge in [0.2, 0.25) is 5.82 Å². The average molecular weight is 468 g/mol. The lowest BCUT2D eigenvalue weighted by Crippen LogP contribution is -2.10. The van der Waals surface area contributed by atoms with Crippen LogP contribution in [-0.4, -0.2) is 34.3 Å². The molecule has 5 aromatic rings. The highest BCUT2D eigenvalue weighted by Crippen LogP contribution is 2.33. The van der Waals surface area contributed by atoms with Gasteiger partial charge in [0, 0.05) is 41.5 Å². The lowest BCUT2D eigenvalue weighted by Gasteiger charge is -2.05. The van der Waals surface area contributed by atoms with Crippen LogP contribution in [0.5, 0.6) is 0 Å². The summed E-state index contributed by atoms with van der Waals surface area (Å²) in [5, 5.41) is 4.71. The second-order valence-corrected chi connectivity index (χ2v) is 7.67. The van der Waals surface area contributed by atoms with Gasteiger partial charge in [0.25, 0.3) is 0 Å². The zero-order valence-electron chi connectivity index (χ0n) is 17.6. The van der Waals surface area contributed by atoms with Crippen molar-refractivity contribution in [1.82, 2.24) is 34.3 Å². The number of rotatable bonds is 4. The van der Waals surface area contributed by atoms with Crippen molar-refractivity contribution in [2.45, 2.75) is 19.6 Å². The highest BCUT2D eigenvalue weighted by Gasteiger charge is 2.34. The molecule has 0 saturated carbocycles. The third kappa shape index (κ3) is 3.83. The van der Waals surface area contributed by atoms with Crippen molar-refractivity contribution in [1.29, 1.82) is 0 Å². The number of fused-ring (bicyclic) bond motifs is 1. The topological polar surface area (TPSA) is 100 Å². The number of hydrogen-bond donors (Lipinski definition) is 1. The van der Waals surface area contributed by atoms with Crippen molar-refractivity contribution in [3.05, 3.63) is 78.3 Å². The molecule has 0 fully saturated rings. The van der Waals surface area contributed by atoms with Gasteiger partial charge >= 0.3 is 6.18 Å². The molecular formula is C22H16F4N8. The molecule has 5 rings (SSSR count). The minimum atomic E-state index is -4.65. The number of nitrogen functional groups attached to an aromatic ring is 1. The van der Waals surface area contributed by atoms with E-state index in [0.29, 0.717) is 34.4 Å². The largest absolute Gasteiger partial charge is 0.451 e. The molecular weight excluding hydrogens is 452 g/mol. The second-order valence-electron chi connectivity index (χ2n) is 7.67. The van der Waals surface area contributed by atoms with Crippen LogP contribution in [0, 0.1) is 12.7 Å². The van der Waals surface area contributed by atoms with Gasteiger partial charge in [0.15, 0.2) is 0 Å². The first-order valence-corrected chi connectivity index (χ1v) is 9.99. The molecule has 4 heterocycles. The number of halogens is 4. The molecule has 0 unspecified atom stereocenters. The molecule has 0 radical (unpaired) electrons. The van der Waals surface area contributed by atoms with Crippen LogP contribution in [0.25, 0.3) is 27.8 Å². The molecule has 34 heavy (non-hydrogen) atoms. The summed E-state index contributed by atoms with van der Waals surface area (Å²) in [4.78, 5) is 15.2. The second kappa shape index (κ2) is 7.90. The van der Waals surface area contributed by atoms with Gasteiger partial charge in [-0.3, -0.25) is 0 Å². The first-order chi connectivity index (χ1) is 16.2. The maximum Gasteiger partial charge on any atom is 0.451 e. The number of hydrogen-bond acceptors (Lipinski definition) is 6. The summed E-state index contributed by atoms with van der Waals surface area (Å²) in [6.07, 6.45) is 3.78. The number of nitrogens with two attached hydrogens (primary N) is 1. The summed E-state index contributed by atoms with van der Waals surface area (Å²) in [5.41, 5.74) is 9.19. The van der Waals surface area contributed by atoms with E-state index >= 15 is 0 Å². The Morgan fingerprint density at radius 3 is 2.47 bits per heavy atom. The zero-order valence-corrected chi connectivity index (χ0v) is 17.6. The summed E-state index contributed by atoms with van der Waals surface area (Å²) in [7, 11) is 0. The van der Waals surface area contributed by atoms with E-state index in [1.54, 1.807) is 42.2 Å². The molecule has 12 heteroatoms. The van der Waals surface area contributed by atoms with E-state index in [1.165, 1.54) is 17.1 Å².